The smallest absolute Gasteiger partial charge is 0.109 e. The Balaban J connectivity index is 1.96. The van der Waals surface area contributed by atoms with Crippen molar-refractivity contribution in [2.75, 3.05) is 0 Å². The van der Waals surface area contributed by atoms with Crippen molar-refractivity contribution in [2.45, 2.75) is 18.8 Å². The molecular weight excluding hydrogens is 174 g/mol. The van der Waals surface area contributed by atoms with Crippen LogP contribution in [-0.2, 0) is 0 Å². The Morgan fingerprint density at radius 2 is 2.14 bits per heavy atom. The van der Waals surface area contributed by atoms with Gasteiger partial charge in [0, 0.05) is 12.1 Å². The molecule has 0 bridgehead atoms. The van der Waals surface area contributed by atoms with E-state index in [1.807, 2.05) is 24.4 Å². The molecule has 1 fully saturated rings. The van der Waals surface area contributed by atoms with Crippen LogP contribution in [0.4, 0.5) is 0 Å². The van der Waals surface area contributed by atoms with Crippen molar-refractivity contribution >= 4 is 0 Å². The van der Waals surface area contributed by atoms with Gasteiger partial charge < -0.3 is 4.98 Å². The van der Waals surface area contributed by atoms with Crippen LogP contribution in [0.1, 0.15) is 24.6 Å². The van der Waals surface area contributed by atoms with Crippen LogP contribution < -0.4 is 0 Å². The standard InChI is InChI=1S/C11H11N3/c1-2-6-12-9(3-1)10-7-13-11(14-10)8-4-5-8/h1-3,6-8H,4-5H2,(H,13,14). The van der Waals surface area contributed by atoms with E-state index in [1.54, 1.807) is 6.20 Å². The Bertz CT molecular complexity index is 429. The molecule has 1 saturated carbocycles. The highest BCUT2D eigenvalue weighted by molar-refractivity contribution is 5.52. The quantitative estimate of drug-likeness (QED) is 0.780. The zero-order valence-corrected chi connectivity index (χ0v) is 7.77. The summed E-state index contributed by atoms with van der Waals surface area (Å²) in [7, 11) is 0. The maximum Gasteiger partial charge on any atom is 0.109 e. The SMILES string of the molecule is c1ccc(-c2cnc(C3CC3)[nH]2)nc1. The van der Waals surface area contributed by atoms with E-state index < -0.39 is 0 Å². The first-order valence-electron chi connectivity index (χ1n) is 4.90. The maximum atomic E-state index is 4.36. The van der Waals surface area contributed by atoms with Crippen LogP contribution in [0.15, 0.2) is 30.6 Å². The van der Waals surface area contributed by atoms with E-state index in [4.69, 9.17) is 0 Å². The van der Waals surface area contributed by atoms with Gasteiger partial charge in [-0.25, -0.2) is 4.98 Å². The molecule has 2 aromatic heterocycles. The minimum Gasteiger partial charge on any atom is -0.341 e. The molecule has 3 rings (SSSR count). The lowest BCUT2D eigenvalue weighted by atomic mass is 10.3. The molecule has 1 N–H and O–H groups in total. The van der Waals surface area contributed by atoms with E-state index >= 15 is 0 Å². The van der Waals surface area contributed by atoms with E-state index in [2.05, 4.69) is 15.0 Å². The van der Waals surface area contributed by atoms with Crippen LogP contribution in [0.2, 0.25) is 0 Å². The minimum atomic E-state index is 0.674. The number of nitrogens with one attached hydrogen (secondary N) is 1. The second-order valence-corrected chi connectivity index (χ2v) is 3.67. The Hall–Kier alpha value is -1.64. The summed E-state index contributed by atoms with van der Waals surface area (Å²) in [4.78, 5) is 11.9. The number of imidazole rings is 1. The van der Waals surface area contributed by atoms with Crippen molar-refractivity contribution in [3.05, 3.63) is 36.4 Å². The Labute approximate surface area is 82.2 Å². The molecule has 2 aromatic rings. The van der Waals surface area contributed by atoms with Crippen LogP contribution in [0.5, 0.6) is 0 Å². The number of rotatable bonds is 2. The number of nitrogens with zero attached hydrogens (tertiary/aromatic N) is 2. The first-order valence-corrected chi connectivity index (χ1v) is 4.90. The lowest BCUT2D eigenvalue weighted by molar-refractivity contribution is 0.976. The molecule has 0 amide bonds. The Morgan fingerprint density at radius 3 is 2.86 bits per heavy atom. The van der Waals surface area contributed by atoms with Crippen molar-refractivity contribution in [3.8, 4) is 11.4 Å². The molecule has 0 atom stereocenters. The first kappa shape index (κ1) is 7.74. The van der Waals surface area contributed by atoms with E-state index in [1.165, 1.54) is 12.8 Å². The molecule has 3 nitrogen and oxygen atoms in total. The summed E-state index contributed by atoms with van der Waals surface area (Å²) in [6.45, 7) is 0. The predicted octanol–water partition coefficient (Wildman–Crippen LogP) is 2.35. The van der Waals surface area contributed by atoms with Crippen LogP contribution in [0.3, 0.4) is 0 Å². The fourth-order valence-electron chi connectivity index (χ4n) is 1.55. The Kier molecular flexibility index (Phi) is 1.63. The average Bonchev–Trinajstić information content (AvgIpc) is 2.98. The van der Waals surface area contributed by atoms with Gasteiger partial charge in [-0.3, -0.25) is 4.98 Å². The molecule has 0 aromatic carbocycles. The van der Waals surface area contributed by atoms with E-state index in [0.717, 1.165) is 17.2 Å². The van der Waals surface area contributed by atoms with Crippen molar-refractivity contribution in [1.29, 1.82) is 0 Å². The van der Waals surface area contributed by atoms with Crippen molar-refractivity contribution in [2.24, 2.45) is 0 Å². The lowest BCUT2D eigenvalue weighted by Crippen LogP contribution is -1.83. The van der Waals surface area contributed by atoms with Crippen LogP contribution >= 0.6 is 0 Å². The minimum absolute atomic E-state index is 0.674. The third-order valence-electron chi connectivity index (χ3n) is 2.50. The summed E-state index contributed by atoms with van der Waals surface area (Å²) in [5, 5.41) is 0. The molecule has 1 aliphatic rings. The van der Waals surface area contributed by atoms with Gasteiger partial charge in [0.15, 0.2) is 0 Å². The molecule has 0 unspecified atom stereocenters. The van der Waals surface area contributed by atoms with Gasteiger partial charge in [-0.15, -0.1) is 0 Å². The molecule has 0 spiro atoms. The molecule has 14 heavy (non-hydrogen) atoms. The van der Waals surface area contributed by atoms with Gasteiger partial charge in [0.25, 0.3) is 0 Å². The molecule has 0 saturated heterocycles. The summed E-state index contributed by atoms with van der Waals surface area (Å²) >= 11 is 0. The normalized spacial score (nSPS) is 15.7. The number of aromatic nitrogens is 3. The second kappa shape index (κ2) is 2.94. The van der Waals surface area contributed by atoms with Crippen LogP contribution in [0.25, 0.3) is 11.4 Å². The summed E-state index contributed by atoms with van der Waals surface area (Å²) in [6, 6.07) is 5.89. The number of aromatic amines is 1. The van der Waals surface area contributed by atoms with Crippen LogP contribution in [-0.4, -0.2) is 15.0 Å². The highest BCUT2D eigenvalue weighted by atomic mass is 14.9. The largest absolute Gasteiger partial charge is 0.341 e. The lowest BCUT2D eigenvalue weighted by Gasteiger charge is -1.94. The van der Waals surface area contributed by atoms with Gasteiger partial charge in [-0.05, 0) is 25.0 Å². The first-order chi connectivity index (χ1) is 6.93. The monoisotopic (exact) mass is 185 g/mol. The van der Waals surface area contributed by atoms with Gasteiger partial charge in [0.05, 0.1) is 17.6 Å². The van der Waals surface area contributed by atoms with Gasteiger partial charge in [0.2, 0.25) is 0 Å². The fourth-order valence-corrected chi connectivity index (χ4v) is 1.55. The summed E-state index contributed by atoms with van der Waals surface area (Å²) in [5.74, 6) is 1.79. The van der Waals surface area contributed by atoms with Crippen LogP contribution in [0, 0.1) is 0 Å². The summed E-state index contributed by atoms with van der Waals surface area (Å²) in [5.41, 5.74) is 1.99. The predicted molar refractivity (Wildman–Crippen MR) is 53.8 cm³/mol. The number of H-pyrrole nitrogens is 1. The number of hydrogen-bond donors (Lipinski definition) is 1. The Morgan fingerprint density at radius 1 is 1.21 bits per heavy atom. The average molecular weight is 185 g/mol. The van der Waals surface area contributed by atoms with E-state index in [-0.39, 0.29) is 0 Å². The topological polar surface area (TPSA) is 41.6 Å². The molecule has 0 aliphatic heterocycles. The van der Waals surface area contributed by atoms with Crippen molar-refractivity contribution < 1.29 is 0 Å². The molecule has 0 radical (unpaired) electrons. The molecule has 70 valence electrons. The summed E-state index contributed by atoms with van der Waals surface area (Å²) in [6.07, 6.45) is 6.22. The zero-order chi connectivity index (χ0) is 9.38. The number of pyridine rings is 1. The van der Waals surface area contributed by atoms with Crippen molar-refractivity contribution in [1.82, 2.24) is 15.0 Å². The van der Waals surface area contributed by atoms with Gasteiger partial charge in [-0.1, -0.05) is 6.07 Å². The maximum absolute atomic E-state index is 4.36. The molecule has 1 aliphatic carbocycles. The zero-order valence-electron chi connectivity index (χ0n) is 7.77. The highest BCUT2D eigenvalue weighted by Crippen LogP contribution is 2.38. The number of hydrogen-bond acceptors (Lipinski definition) is 2. The molecule has 3 heteroatoms. The van der Waals surface area contributed by atoms with Gasteiger partial charge in [-0.2, -0.15) is 0 Å². The second-order valence-electron chi connectivity index (χ2n) is 3.67. The summed E-state index contributed by atoms with van der Waals surface area (Å²) < 4.78 is 0. The van der Waals surface area contributed by atoms with Gasteiger partial charge >= 0.3 is 0 Å². The van der Waals surface area contributed by atoms with E-state index in [0.29, 0.717) is 5.92 Å². The fraction of sp³-hybridized carbons (Fsp3) is 0.273. The molecular formula is C11H11N3. The third kappa shape index (κ3) is 1.31. The third-order valence-corrected chi connectivity index (χ3v) is 2.50. The highest BCUT2D eigenvalue weighted by Gasteiger charge is 2.26. The van der Waals surface area contributed by atoms with E-state index in [9.17, 15) is 0 Å². The van der Waals surface area contributed by atoms with Gasteiger partial charge in [0.1, 0.15) is 5.82 Å². The van der Waals surface area contributed by atoms with Crippen molar-refractivity contribution in [3.63, 3.8) is 0 Å². The molecule has 2 heterocycles.